The Morgan fingerprint density at radius 3 is 2.60 bits per heavy atom. The van der Waals surface area contributed by atoms with Crippen molar-refractivity contribution in [1.29, 1.82) is 0 Å². The molecule has 0 radical (unpaired) electrons. The number of unbranched alkanes of at least 4 members (excludes halogenated alkanes) is 4. The predicted molar refractivity (Wildman–Crippen MR) is 83.1 cm³/mol. The molecule has 0 bridgehead atoms. The average Bonchev–Trinajstić information content (AvgIpc) is 2.38. The van der Waals surface area contributed by atoms with Crippen molar-refractivity contribution in [2.45, 2.75) is 70.8 Å². The maximum absolute atomic E-state index is 11.6. The molecule has 1 rings (SSSR count). The van der Waals surface area contributed by atoms with Gasteiger partial charge < -0.3 is 5.11 Å². The molecular weight excluding hydrogens is 274 g/mol. The SMILES string of the molecule is CCCCCCCC(O)CC1CCCN(S(C)(=O)=O)C1. The normalized spacial score (nSPS) is 22.9. The van der Waals surface area contributed by atoms with Crippen LogP contribution in [0.2, 0.25) is 0 Å². The number of hydrogen-bond acceptors (Lipinski definition) is 3. The summed E-state index contributed by atoms with van der Waals surface area (Å²) in [5.41, 5.74) is 0. The van der Waals surface area contributed by atoms with Gasteiger partial charge in [0, 0.05) is 13.1 Å². The molecule has 0 saturated carbocycles. The van der Waals surface area contributed by atoms with Crippen LogP contribution in [0.1, 0.15) is 64.7 Å². The van der Waals surface area contributed by atoms with Crippen LogP contribution in [0.5, 0.6) is 0 Å². The minimum atomic E-state index is -3.07. The first-order chi connectivity index (χ1) is 9.43. The fraction of sp³-hybridized carbons (Fsp3) is 1.00. The van der Waals surface area contributed by atoms with Crippen molar-refractivity contribution in [3.05, 3.63) is 0 Å². The van der Waals surface area contributed by atoms with Gasteiger partial charge in [0.25, 0.3) is 0 Å². The molecule has 0 amide bonds. The molecule has 1 aliphatic rings. The van der Waals surface area contributed by atoms with Crippen LogP contribution in [-0.4, -0.2) is 43.3 Å². The second kappa shape index (κ2) is 9.00. The monoisotopic (exact) mass is 305 g/mol. The highest BCUT2D eigenvalue weighted by atomic mass is 32.2. The van der Waals surface area contributed by atoms with Crippen LogP contribution in [-0.2, 0) is 10.0 Å². The van der Waals surface area contributed by atoms with Gasteiger partial charge in [0.2, 0.25) is 10.0 Å². The Hall–Kier alpha value is -0.130. The number of hydrogen-bond donors (Lipinski definition) is 1. The van der Waals surface area contributed by atoms with Crippen LogP contribution in [0, 0.1) is 5.92 Å². The Bertz CT molecular complexity index is 356. The van der Waals surface area contributed by atoms with E-state index in [0.29, 0.717) is 19.0 Å². The second-order valence-electron chi connectivity index (χ2n) is 6.22. The van der Waals surface area contributed by atoms with Crippen molar-refractivity contribution in [3.8, 4) is 0 Å². The standard InChI is InChI=1S/C15H31NO3S/c1-3-4-5-6-7-10-15(17)12-14-9-8-11-16(13-14)20(2,18)19/h14-15,17H,3-13H2,1-2H3. The van der Waals surface area contributed by atoms with Crippen molar-refractivity contribution < 1.29 is 13.5 Å². The highest BCUT2D eigenvalue weighted by molar-refractivity contribution is 7.88. The first kappa shape index (κ1) is 17.9. The van der Waals surface area contributed by atoms with E-state index >= 15 is 0 Å². The summed E-state index contributed by atoms with van der Waals surface area (Å²) in [6.45, 7) is 3.43. The van der Waals surface area contributed by atoms with Gasteiger partial charge in [-0.15, -0.1) is 0 Å². The third-order valence-electron chi connectivity index (χ3n) is 4.20. The van der Waals surface area contributed by atoms with Gasteiger partial charge >= 0.3 is 0 Å². The summed E-state index contributed by atoms with van der Waals surface area (Å²) >= 11 is 0. The van der Waals surface area contributed by atoms with Crippen LogP contribution in [0.3, 0.4) is 0 Å². The zero-order valence-corrected chi connectivity index (χ0v) is 13.9. The lowest BCUT2D eigenvalue weighted by molar-refractivity contribution is 0.112. The first-order valence-corrected chi connectivity index (χ1v) is 9.91. The average molecular weight is 305 g/mol. The van der Waals surface area contributed by atoms with E-state index in [9.17, 15) is 13.5 Å². The van der Waals surface area contributed by atoms with Crippen molar-refractivity contribution in [1.82, 2.24) is 4.31 Å². The molecule has 1 N–H and O–H groups in total. The smallest absolute Gasteiger partial charge is 0.211 e. The molecule has 1 aliphatic heterocycles. The number of sulfonamides is 1. The molecule has 0 spiro atoms. The van der Waals surface area contributed by atoms with Crippen LogP contribution in [0.25, 0.3) is 0 Å². The van der Waals surface area contributed by atoms with Gasteiger partial charge in [-0.05, 0) is 31.6 Å². The number of aliphatic hydroxyl groups is 1. The van der Waals surface area contributed by atoms with E-state index in [1.54, 1.807) is 4.31 Å². The lowest BCUT2D eigenvalue weighted by Crippen LogP contribution is -2.40. The number of aliphatic hydroxyl groups excluding tert-OH is 1. The fourth-order valence-electron chi connectivity index (χ4n) is 3.01. The number of rotatable bonds is 9. The Labute approximate surface area is 124 Å². The van der Waals surface area contributed by atoms with E-state index in [0.717, 1.165) is 32.1 Å². The summed E-state index contributed by atoms with van der Waals surface area (Å²) in [5.74, 6) is 0.323. The number of piperidine rings is 1. The van der Waals surface area contributed by atoms with Gasteiger partial charge in [0.1, 0.15) is 0 Å². The summed E-state index contributed by atoms with van der Waals surface area (Å²) in [5, 5.41) is 10.1. The zero-order chi connectivity index (χ0) is 15.0. The Kier molecular flexibility index (Phi) is 8.07. The molecule has 1 heterocycles. The predicted octanol–water partition coefficient (Wildman–Crippen LogP) is 2.77. The van der Waals surface area contributed by atoms with Gasteiger partial charge in [0.05, 0.1) is 12.4 Å². The molecule has 120 valence electrons. The molecule has 0 aromatic carbocycles. The molecule has 2 unspecified atom stereocenters. The lowest BCUT2D eigenvalue weighted by atomic mass is 9.91. The maximum Gasteiger partial charge on any atom is 0.211 e. The quantitative estimate of drug-likeness (QED) is 0.666. The summed E-state index contributed by atoms with van der Waals surface area (Å²) in [7, 11) is -3.07. The maximum atomic E-state index is 11.6. The lowest BCUT2D eigenvalue weighted by Gasteiger charge is -2.32. The third-order valence-corrected chi connectivity index (χ3v) is 5.47. The van der Waals surface area contributed by atoms with Gasteiger partial charge in [-0.3, -0.25) is 0 Å². The summed E-state index contributed by atoms with van der Waals surface area (Å²) in [6.07, 6.45) is 10.6. The zero-order valence-electron chi connectivity index (χ0n) is 13.1. The highest BCUT2D eigenvalue weighted by Gasteiger charge is 2.27. The summed E-state index contributed by atoms with van der Waals surface area (Å²) in [4.78, 5) is 0. The first-order valence-electron chi connectivity index (χ1n) is 8.06. The Morgan fingerprint density at radius 2 is 1.95 bits per heavy atom. The molecule has 5 heteroatoms. The van der Waals surface area contributed by atoms with Crippen LogP contribution < -0.4 is 0 Å². The Balaban J connectivity index is 2.22. The van der Waals surface area contributed by atoms with E-state index in [-0.39, 0.29) is 6.10 Å². The number of nitrogens with zero attached hydrogens (tertiary/aromatic N) is 1. The van der Waals surface area contributed by atoms with Crippen LogP contribution >= 0.6 is 0 Å². The third kappa shape index (κ3) is 7.04. The summed E-state index contributed by atoms with van der Waals surface area (Å²) < 4.78 is 24.7. The highest BCUT2D eigenvalue weighted by Crippen LogP contribution is 2.24. The molecule has 2 atom stereocenters. The molecule has 1 saturated heterocycles. The molecule has 0 aliphatic carbocycles. The van der Waals surface area contributed by atoms with E-state index in [1.165, 1.54) is 31.9 Å². The van der Waals surface area contributed by atoms with E-state index in [1.807, 2.05) is 0 Å². The minimum absolute atomic E-state index is 0.263. The van der Waals surface area contributed by atoms with Gasteiger partial charge in [-0.1, -0.05) is 39.0 Å². The fourth-order valence-corrected chi connectivity index (χ4v) is 3.95. The van der Waals surface area contributed by atoms with Crippen molar-refractivity contribution in [3.63, 3.8) is 0 Å². The minimum Gasteiger partial charge on any atom is -0.393 e. The molecule has 0 aromatic rings. The molecule has 1 fully saturated rings. The van der Waals surface area contributed by atoms with Crippen LogP contribution in [0.15, 0.2) is 0 Å². The Morgan fingerprint density at radius 1 is 1.25 bits per heavy atom. The molecule has 4 nitrogen and oxygen atoms in total. The van der Waals surface area contributed by atoms with Crippen molar-refractivity contribution in [2.24, 2.45) is 5.92 Å². The molecular formula is C15H31NO3S. The summed E-state index contributed by atoms with van der Waals surface area (Å²) in [6, 6.07) is 0. The van der Waals surface area contributed by atoms with Crippen LogP contribution in [0.4, 0.5) is 0 Å². The second-order valence-corrected chi connectivity index (χ2v) is 8.20. The van der Waals surface area contributed by atoms with Gasteiger partial charge in [-0.25, -0.2) is 12.7 Å². The topological polar surface area (TPSA) is 57.6 Å². The van der Waals surface area contributed by atoms with E-state index < -0.39 is 10.0 Å². The van der Waals surface area contributed by atoms with E-state index in [2.05, 4.69) is 6.92 Å². The van der Waals surface area contributed by atoms with Gasteiger partial charge in [-0.2, -0.15) is 0 Å². The largest absolute Gasteiger partial charge is 0.393 e. The molecule has 20 heavy (non-hydrogen) atoms. The van der Waals surface area contributed by atoms with E-state index in [4.69, 9.17) is 0 Å². The van der Waals surface area contributed by atoms with Crippen molar-refractivity contribution >= 4 is 10.0 Å². The van der Waals surface area contributed by atoms with Crippen molar-refractivity contribution in [2.75, 3.05) is 19.3 Å². The van der Waals surface area contributed by atoms with Gasteiger partial charge in [0.15, 0.2) is 0 Å². The molecule has 0 aromatic heterocycles.